The van der Waals surface area contributed by atoms with Gasteiger partial charge in [-0.15, -0.1) is 6.58 Å². The lowest BCUT2D eigenvalue weighted by Crippen LogP contribution is -2.34. The van der Waals surface area contributed by atoms with Gasteiger partial charge in [0.2, 0.25) is 0 Å². The molecule has 0 bridgehead atoms. The van der Waals surface area contributed by atoms with Gasteiger partial charge in [0.15, 0.2) is 0 Å². The van der Waals surface area contributed by atoms with Crippen molar-refractivity contribution in [3.05, 3.63) is 66.7 Å². The van der Waals surface area contributed by atoms with Crippen molar-refractivity contribution < 1.29 is 19.4 Å². The SMILES string of the molecule is C=CCN(C(=O)Oc1cccc(N(CC)C(=O)O)c1)c1ccccc1C. The molecule has 2 aromatic rings. The molecule has 0 aromatic heterocycles. The van der Waals surface area contributed by atoms with Crippen molar-refractivity contribution in [2.24, 2.45) is 0 Å². The first-order valence-corrected chi connectivity index (χ1v) is 8.24. The Balaban J connectivity index is 2.26. The molecule has 26 heavy (non-hydrogen) atoms. The Morgan fingerprint density at radius 1 is 1.15 bits per heavy atom. The third-order valence-corrected chi connectivity index (χ3v) is 3.82. The lowest BCUT2D eigenvalue weighted by Gasteiger charge is -2.23. The third-order valence-electron chi connectivity index (χ3n) is 3.82. The molecule has 6 nitrogen and oxygen atoms in total. The number of nitrogens with zero attached hydrogens (tertiary/aromatic N) is 2. The summed E-state index contributed by atoms with van der Waals surface area (Å²) in [4.78, 5) is 26.6. The van der Waals surface area contributed by atoms with Crippen LogP contribution in [0, 0.1) is 6.92 Å². The number of carbonyl (C=O) groups is 2. The fraction of sp³-hybridized carbons (Fsp3) is 0.200. The Morgan fingerprint density at radius 2 is 1.88 bits per heavy atom. The number of carboxylic acid groups (broad SMARTS) is 1. The summed E-state index contributed by atoms with van der Waals surface area (Å²) in [6, 6.07) is 13.9. The summed E-state index contributed by atoms with van der Waals surface area (Å²) in [7, 11) is 0. The second-order valence-electron chi connectivity index (χ2n) is 5.58. The number of aryl methyl sites for hydroxylation is 1. The number of hydrogen-bond donors (Lipinski definition) is 1. The molecule has 2 amide bonds. The smallest absolute Gasteiger partial charge is 0.420 e. The summed E-state index contributed by atoms with van der Waals surface area (Å²) in [5, 5.41) is 9.24. The molecule has 0 heterocycles. The van der Waals surface area contributed by atoms with Crippen molar-refractivity contribution in [3.63, 3.8) is 0 Å². The minimum absolute atomic E-state index is 0.273. The summed E-state index contributed by atoms with van der Waals surface area (Å²) in [6.07, 6.45) is -0.00760. The quantitative estimate of drug-likeness (QED) is 0.764. The van der Waals surface area contributed by atoms with Crippen molar-refractivity contribution in [3.8, 4) is 5.75 Å². The average molecular weight is 354 g/mol. The molecule has 0 spiro atoms. The largest absolute Gasteiger partial charge is 0.465 e. The zero-order valence-electron chi connectivity index (χ0n) is 14.9. The Morgan fingerprint density at radius 3 is 2.50 bits per heavy atom. The van der Waals surface area contributed by atoms with Crippen LogP contribution >= 0.6 is 0 Å². The van der Waals surface area contributed by atoms with Crippen LogP contribution in [0.1, 0.15) is 12.5 Å². The molecule has 0 unspecified atom stereocenters. The van der Waals surface area contributed by atoms with Gasteiger partial charge < -0.3 is 9.84 Å². The van der Waals surface area contributed by atoms with Crippen LogP contribution in [0.4, 0.5) is 21.0 Å². The molecule has 6 heteroatoms. The number of para-hydroxylation sites is 1. The predicted octanol–water partition coefficient (Wildman–Crippen LogP) is 4.69. The maximum Gasteiger partial charge on any atom is 0.420 e. The highest BCUT2D eigenvalue weighted by molar-refractivity contribution is 5.91. The normalized spacial score (nSPS) is 10.1. The van der Waals surface area contributed by atoms with Gasteiger partial charge in [0.05, 0.1) is 11.4 Å². The molecule has 0 radical (unpaired) electrons. The van der Waals surface area contributed by atoms with E-state index in [0.29, 0.717) is 18.8 Å². The Kier molecular flexibility index (Phi) is 6.38. The maximum absolute atomic E-state index is 12.7. The van der Waals surface area contributed by atoms with E-state index in [4.69, 9.17) is 4.74 Å². The number of rotatable bonds is 6. The molecule has 0 atom stereocenters. The number of anilines is 2. The van der Waals surface area contributed by atoms with Crippen LogP contribution in [-0.4, -0.2) is 30.4 Å². The molecule has 0 fully saturated rings. The molecular formula is C20H22N2O4. The maximum atomic E-state index is 12.7. The number of carbonyl (C=O) groups excluding carboxylic acids is 1. The highest BCUT2D eigenvalue weighted by Gasteiger charge is 2.19. The van der Waals surface area contributed by atoms with Gasteiger partial charge >= 0.3 is 12.2 Å². The number of benzene rings is 2. The monoisotopic (exact) mass is 354 g/mol. The molecule has 0 aliphatic heterocycles. The first kappa shape index (κ1) is 19.1. The molecule has 0 saturated heterocycles. The Labute approximate surface area is 152 Å². The van der Waals surface area contributed by atoms with Crippen molar-refractivity contribution in [1.82, 2.24) is 0 Å². The molecule has 0 aliphatic carbocycles. The van der Waals surface area contributed by atoms with E-state index in [0.717, 1.165) is 11.3 Å². The first-order chi connectivity index (χ1) is 12.5. The van der Waals surface area contributed by atoms with E-state index in [1.807, 2.05) is 31.2 Å². The van der Waals surface area contributed by atoms with Crippen LogP contribution in [0.2, 0.25) is 0 Å². The molecule has 2 rings (SSSR count). The van der Waals surface area contributed by atoms with Crippen LogP contribution in [0.3, 0.4) is 0 Å². The minimum Gasteiger partial charge on any atom is -0.465 e. The van der Waals surface area contributed by atoms with Crippen molar-refractivity contribution in [2.45, 2.75) is 13.8 Å². The molecule has 0 aliphatic rings. The van der Waals surface area contributed by atoms with Crippen LogP contribution in [0.15, 0.2) is 61.2 Å². The van der Waals surface area contributed by atoms with Gasteiger partial charge in [-0.05, 0) is 37.6 Å². The summed E-state index contributed by atoms with van der Waals surface area (Å²) in [5.41, 5.74) is 2.11. The molecule has 136 valence electrons. The van der Waals surface area contributed by atoms with E-state index in [9.17, 15) is 14.7 Å². The molecule has 1 N–H and O–H groups in total. The van der Waals surface area contributed by atoms with Gasteiger partial charge in [-0.25, -0.2) is 9.59 Å². The Bertz CT molecular complexity index is 804. The van der Waals surface area contributed by atoms with E-state index in [1.54, 1.807) is 31.2 Å². The van der Waals surface area contributed by atoms with Crippen molar-refractivity contribution >= 4 is 23.6 Å². The van der Waals surface area contributed by atoms with Crippen LogP contribution in [0.5, 0.6) is 5.75 Å². The summed E-state index contributed by atoms with van der Waals surface area (Å²) in [5.74, 6) is 0.273. The zero-order valence-corrected chi connectivity index (χ0v) is 14.9. The standard InChI is InChI=1S/C20H22N2O4/c1-4-13-22(18-12-7-6-9-15(18)3)20(25)26-17-11-8-10-16(14-17)21(5-2)19(23)24/h4,6-12,14H,1,5,13H2,2-3H3,(H,23,24). The third kappa shape index (κ3) is 4.42. The Hall–Kier alpha value is -3.28. The van der Waals surface area contributed by atoms with Crippen molar-refractivity contribution in [2.75, 3.05) is 22.9 Å². The topological polar surface area (TPSA) is 70.1 Å². The number of amides is 2. The van der Waals surface area contributed by atoms with E-state index in [-0.39, 0.29) is 5.75 Å². The minimum atomic E-state index is -1.07. The van der Waals surface area contributed by atoms with Gasteiger partial charge in [0.1, 0.15) is 5.75 Å². The second kappa shape index (κ2) is 8.71. The van der Waals surface area contributed by atoms with Crippen LogP contribution in [0.25, 0.3) is 0 Å². The summed E-state index contributed by atoms with van der Waals surface area (Å²) >= 11 is 0. The highest BCUT2D eigenvalue weighted by Crippen LogP contribution is 2.24. The predicted molar refractivity (Wildman–Crippen MR) is 102 cm³/mol. The van der Waals surface area contributed by atoms with Crippen LogP contribution < -0.4 is 14.5 Å². The van der Waals surface area contributed by atoms with Gasteiger partial charge in [-0.1, -0.05) is 30.3 Å². The van der Waals surface area contributed by atoms with Gasteiger partial charge in [0.25, 0.3) is 0 Å². The van der Waals surface area contributed by atoms with E-state index < -0.39 is 12.2 Å². The average Bonchev–Trinajstić information content (AvgIpc) is 2.61. The lowest BCUT2D eigenvalue weighted by atomic mass is 10.2. The highest BCUT2D eigenvalue weighted by atomic mass is 16.6. The number of ether oxygens (including phenoxy) is 1. The molecular weight excluding hydrogens is 332 g/mol. The second-order valence-corrected chi connectivity index (χ2v) is 5.58. The summed E-state index contributed by atoms with van der Waals surface area (Å²) in [6.45, 7) is 7.91. The van der Waals surface area contributed by atoms with E-state index in [1.165, 1.54) is 15.9 Å². The first-order valence-electron chi connectivity index (χ1n) is 8.24. The zero-order chi connectivity index (χ0) is 19.1. The fourth-order valence-corrected chi connectivity index (χ4v) is 2.57. The van der Waals surface area contributed by atoms with E-state index >= 15 is 0 Å². The van der Waals surface area contributed by atoms with E-state index in [2.05, 4.69) is 6.58 Å². The number of hydrogen-bond acceptors (Lipinski definition) is 3. The summed E-state index contributed by atoms with van der Waals surface area (Å²) < 4.78 is 5.47. The molecule has 0 saturated carbocycles. The lowest BCUT2D eigenvalue weighted by molar-refractivity contribution is 0.202. The van der Waals surface area contributed by atoms with Gasteiger partial charge in [-0.2, -0.15) is 0 Å². The van der Waals surface area contributed by atoms with Gasteiger partial charge in [0, 0.05) is 19.2 Å². The van der Waals surface area contributed by atoms with Gasteiger partial charge in [-0.3, -0.25) is 9.80 Å². The fourth-order valence-electron chi connectivity index (χ4n) is 2.57. The van der Waals surface area contributed by atoms with Crippen molar-refractivity contribution in [1.29, 1.82) is 0 Å². The molecule has 2 aromatic carbocycles. The van der Waals surface area contributed by atoms with Crippen LogP contribution in [-0.2, 0) is 0 Å².